The molecule has 1 heterocycles. The van der Waals surface area contributed by atoms with Gasteiger partial charge in [-0.3, -0.25) is 4.79 Å². The van der Waals surface area contributed by atoms with Crippen molar-refractivity contribution in [3.05, 3.63) is 29.0 Å². The van der Waals surface area contributed by atoms with E-state index in [2.05, 4.69) is 10.2 Å². The zero-order chi connectivity index (χ0) is 14.5. The average Bonchev–Trinajstić information content (AvgIpc) is 2.93. The standard InChI is InChI=1S/C13H14ClFN2OS2/c14-10-7-9(15)3-4-11(10)16-12(18)8-20-13(19)17-5-1-2-6-17/h3-4,7H,1-2,5-6,8H2,(H,16,18). The zero-order valence-corrected chi connectivity index (χ0v) is 13.1. The van der Waals surface area contributed by atoms with E-state index in [9.17, 15) is 9.18 Å². The molecule has 0 aromatic heterocycles. The molecule has 20 heavy (non-hydrogen) atoms. The number of likely N-dealkylation sites (tertiary alicyclic amines) is 1. The van der Waals surface area contributed by atoms with E-state index in [4.69, 9.17) is 23.8 Å². The number of halogens is 2. The van der Waals surface area contributed by atoms with Gasteiger partial charge in [-0.05, 0) is 31.0 Å². The Morgan fingerprint density at radius 1 is 1.45 bits per heavy atom. The van der Waals surface area contributed by atoms with Crippen molar-refractivity contribution in [3.8, 4) is 0 Å². The number of thiocarbonyl (C=S) groups is 1. The highest BCUT2D eigenvalue weighted by atomic mass is 35.5. The third-order valence-electron chi connectivity index (χ3n) is 2.90. The van der Waals surface area contributed by atoms with Crippen LogP contribution >= 0.6 is 35.6 Å². The summed E-state index contributed by atoms with van der Waals surface area (Å²) < 4.78 is 13.6. The lowest BCUT2D eigenvalue weighted by Crippen LogP contribution is -2.25. The molecule has 1 saturated heterocycles. The number of amides is 1. The van der Waals surface area contributed by atoms with Gasteiger partial charge in [0.25, 0.3) is 0 Å². The van der Waals surface area contributed by atoms with Crippen molar-refractivity contribution < 1.29 is 9.18 Å². The van der Waals surface area contributed by atoms with E-state index in [1.807, 2.05) is 0 Å². The summed E-state index contributed by atoms with van der Waals surface area (Å²) in [5.41, 5.74) is 0.408. The van der Waals surface area contributed by atoms with Crippen molar-refractivity contribution in [3.63, 3.8) is 0 Å². The van der Waals surface area contributed by atoms with Crippen LogP contribution < -0.4 is 5.32 Å². The monoisotopic (exact) mass is 332 g/mol. The maximum atomic E-state index is 12.9. The van der Waals surface area contributed by atoms with Crippen LogP contribution in [-0.4, -0.2) is 34.0 Å². The Labute approximate surface area is 131 Å². The third-order valence-corrected chi connectivity index (χ3v) is 4.73. The second-order valence-electron chi connectivity index (χ2n) is 4.42. The van der Waals surface area contributed by atoms with E-state index in [0.29, 0.717) is 5.69 Å². The molecule has 3 nitrogen and oxygen atoms in total. The normalized spacial score (nSPS) is 14.4. The van der Waals surface area contributed by atoms with Crippen LogP contribution in [0.15, 0.2) is 18.2 Å². The summed E-state index contributed by atoms with van der Waals surface area (Å²) in [6, 6.07) is 3.86. The second kappa shape index (κ2) is 7.24. The molecule has 0 bridgehead atoms. The summed E-state index contributed by atoms with van der Waals surface area (Å²) in [6.07, 6.45) is 2.30. The Hall–Kier alpha value is -0.850. The molecular weight excluding hydrogens is 319 g/mol. The van der Waals surface area contributed by atoms with Gasteiger partial charge in [0.05, 0.1) is 16.5 Å². The number of thioether (sulfide) groups is 1. The Balaban J connectivity index is 1.81. The highest BCUT2D eigenvalue weighted by Gasteiger charge is 2.16. The molecule has 0 spiro atoms. The minimum atomic E-state index is -0.433. The van der Waals surface area contributed by atoms with Crippen LogP contribution in [0.25, 0.3) is 0 Å². The molecule has 1 N–H and O–H groups in total. The van der Waals surface area contributed by atoms with Crippen LogP contribution in [0.4, 0.5) is 10.1 Å². The summed E-state index contributed by atoms with van der Waals surface area (Å²) in [5.74, 6) is -0.411. The van der Waals surface area contributed by atoms with Gasteiger partial charge in [0.1, 0.15) is 10.1 Å². The van der Waals surface area contributed by atoms with Gasteiger partial charge in [0.2, 0.25) is 5.91 Å². The Kier molecular flexibility index (Phi) is 5.63. The minimum absolute atomic E-state index is 0.186. The van der Waals surface area contributed by atoms with Crippen molar-refractivity contribution in [2.45, 2.75) is 12.8 Å². The summed E-state index contributed by atoms with van der Waals surface area (Å²) in [4.78, 5) is 13.9. The van der Waals surface area contributed by atoms with E-state index >= 15 is 0 Å². The number of benzene rings is 1. The topological polar surface area (TPSA) is 32.3 Å². The first-order valence-corrected chi connectivity index (χ1v) is 8.00. The Morgan fingerprint density at radius 3 is 2.80 bits per heavy atom. The van der Waals surface area contributed by atoms with Gasteiger partial charge < -0.3 is 10.2 Å². The maximum Gasteiger partial charge on any atom is 0.234 e. The van der Waals surface area contributed by atoms with Crippen LogP contribution in [0.2, 0.25) is 5.02 Å². The quantitative estimate of drug-likeness (QED) is 0.858. The summed E-state index contributed by atoms with van der Waals surface area (Å²) in [7, 11) is 0. The highest BCUT2D eigenvalue weighted by Crippen LogP contribution is 2.23. The van der Waals surface area contributed by atoms with Crippen molar-refractivity contribution in [1.82, 2.24) is 4.90 Å². The van der Waals surface area contributed by atoms with E-state index in [1.165, 1.54) is 30.0 Å². The van der Waals surface area contributed by atoms with Gasteiger partial charge in [-0.2, -0.15) is 0 Å². The summed E-state index contributed by atoms with van der Waals surface area (Å²) in [5, 5.41) is 2.83. The number of anilines is 1. The van der Waals surface area contributed by atoms with Crippen LogP contribution in [0, 0.1) is 5.82 Å². The second-order valence-corrected chi connectivity index (χ2v) is 6.44. The van der Waals surface area contributed by atoms with E-state index in [0.717, 1.165) is 30.3 Å². The Morgan fingerprint density at radius 2 is 2.15 bits per heavy atom. The molecule has 0 unspecified atom stereocenters. The lowest BCUT2D eigenvalue weighted by atomic mass is 10.3. The number of rotatable bonds is 3. The first-order valence-electron chi connectivity index (χ1n) is 6.23. The summed E-state index contributed by atoms with van der Waals surface area (Å²) >= 11 is 12.5. The molecular formula is C13H14ClFN2OS2. The molecule has 1 aromatic rings. The van der Waals surface area contributed by atoms with Crippen molar-refractivity contribution in [2.75, 3.05) is 24.2 Å². The molecule has 0 aliphatic carbocycles. The number of carbonyl (C=O) groups is 1. The first kappa shape index (κ1) is 15.5. The van der Waals surface area contributed by atoms with Gasteiger partial charge in [-0.1, -0.05) is 35.6 Å². The third kappa shape index (κ3) is 4.33. The fourth-order valence-electron chi connectivity index (χ4n) is 1.90. The summed E-state index contributed by atoms with van der Waals surface area (Å²) in [6.45, 7) is 1.94. The van der Waals surface area contributed by atoms with Crippen LogP contribution in [-0.2, 0) is 4.79 Å². The van der Waals surface area contributed by atoms with Crippen LogP contribution in [0.3, 0.4) is 0 Å². The SMILES string of the molecule is O=C(CSC(=S)N1CCCC1)Nc1ccc(F)cc1Cl. The minimum Gasteiger partial charge on any atom is -0.358 e. The van der Waals surface area contributed by atoms with E-state index < -0.39 is 5.82 Å². The van der Waals surface area contributed by atoms with Crippen molar-refractivity contribution >= 4 is 51.5 Å². The van der Waals surface area contributed by atoms with Gasteiger partial charge in [0.15, 0.2) is 0 Å². The molecule has 7 heteroatoms. The average molecular weight is 333 g/mol. The molecule has 1 aliphatic rings. The molecule has 0 atom stereocenters. The van der Waals surface area contributed by atoms with E-state index in [1.54, 1.807) is 0 Å². The molecule has 0 radical (unpaired) electrons. The fourth-order valence-corrected chi connectivity index (χ4v) is 3.16. The van der Waals surface area contributed by atoms with Crippen molar-refractivity contribution in [1.29, 1.82) is 0 Å². The van der Waals surface area contributed by atoms with Gasteiger partial charge in [-0.15, -0.1) is 0 Å². The number of nitrogens with zero attached hydrogens (tertiary/aromatic N) is 1. The Bertz CT molecular complexity index is 521. The van der Waals surface area contributed by atoms with Crippen LogP contribution in [0.1, 0.15) is 12.8 Å². The molecule has 2 rings (SSSR count). The molecule has 1 fully saturated rings. The predicted molar refractivity (Wildman–Crippen MR) is 85.9 cm³/mol. The van der Waals surface area contributed by atoms with Gasteiger partial charge in [-0.25, -0.2) is 4.39 Å². The molecule has 0 saturated carbocycles. The fraction of sp³-hybridized carbons (Fsp3) is 0.385. The number of carbonyl (C=O) groups excluding carboxylic acids is 1. The maximum absolute atomic E-state index is 12.9. The zero-order valence-electron chi connectivity index (χ0n) is 10.7. The molecule has 1 amide bonds. The predicted octanol–water partition coefficient (Wildman–Crippen LogP) is 3.53. The smallest absolute Gasteiger partial charge is 0.234 e. The molecule has 108 valence electrons. The van der Waals surface area contributed by atoms with Crippen molar-refractivity contribution in [2.24, 2.45) is 0 Å². The first-order chi connectivity index (χ1) is 9.56. The van der Waals surface area contributed by atoms with Gasteiger partial charge >= 0.3 is 0 Å². The largest absolute Gasteiger partial charge is 0.358 e. The van der Waals surface area contributed by atoms with E-state index in [-0.39, 0.29) is 16.7 Å². The van der Waals surface area contributed by atoms with Crippen LogP contribution in [0.5, 0.6) is 0 Å². The van der Waals surface area contributed by atoms with Gasteiger partial charge in [0, 0.05) is 13.1 Å². The highest BCUT2D eigenvalue weighted by molar-refractivity contribution is 8.23. The lowest BCUT2D eigenvalue weighted by molar-refractivity contribution is -0.113. The molecule has 1 aliphatic heterocycles. The lowest BCUT2D eigenvalue weighted by Gasteiger charge is -2.17. The molecule has 1 aromatic carbocycles. The number of hydrogen-bond donors (Lipinski definition) is 1. The number of nitrogens with one attached hydrogen (secondary N) is 1. The number of hydrogen-bond acceptors (Lipinski definition) is 3.